The van der Waals surface area contributed by atoms with Gasteiger partial charge < -0.3 is 9.26 Å². The zero-order valence-corrected chi connectivity index (χ0v) is 16.8. The Morgan fingerprint density at radius 1 is 1.10 bits per heavy atom. The highest BCUT2D eigenvalue weighted by molar-refractivity contribution is 5.98. The number of methoxy groups -OCH3 is 1. The largest absolute Gasteiger partial charge is 0.465 e. The van der Waals surface area contributed by atoms with Crippen molar-refractivity contribution in [2.45, 2.75) is 19.4 Å². The van der Waals surface area contributed by atoms with Crippen molar-refractivity contribution in [3.05, 3.63) is 71.6 Å². The first kappa shape index (κ1) is 20.0. The number of ether oxygens (including phenoxy) is 1. The number of piperidine rings is 1. The molecule has 30 heavy (non-hydrogen) atoms. The van der Waals surface area contributed by atoms with E-state index in [1.54, 1.807) is 24.3 Å². The number of Topliss-reactive ketones (excluding diaryl/α,β-unsaturated/α-hetero) is 1. The van der Waals surface area contributed by atoms with Crippen LogP contribution in [0, 0.1) is 5.92 Å². The summed E-state index contributed by atoms with van der Waals surface area (Å²) in [4.78, 5) is 31.0. The smallest absolute Gasteiger partial charge is 0.337 e. The van der Waals surface area contributed by atoms with Crippen LogP contribution in [0.25, 0.3) is 11.4 Å². The molecule has 7 nitrogen and oxygen atoms in total. The number of nitrogens with zero attached hydrogens (tertiary/aromatic N) is 3. The highest BCUT2D eigenvalue weighted by Gasteiger charge is 2.27. The summed E-state index contributed by atoms with van der Waals surface area (Å²) < 4.78 is 10.1. The van der Waals surface area contributed by atoms with Gasteiger partial charge in [0.1, 0.15) is 0 Å². The van der Waals surface area contributed by atoms with Crippen LogP contribution < -0.4 is 0 Å². The van der Waals surface area contributed by atoms with E-state index >= 15 is 0 Å². The van der Waals surface area contributed by atoms with Crippen LogP contribution in [0.2, 0.25) is 0 Å². The lowest BCUT2D eigenvalue weighted by molar-refractivity contribution is 0.0600. The van der Waals surface area contributed by atoms with Gasteiger partial charge in [0.05, 0.1) is 19.2 Å². The van der Waals surface area contributed by atoms with Gasteiger partial charge in [0, 0.05) is 23.6 Å². The quantitative estimate of drug-likeness (QED) is 0.457. The van der Waals surface area contributed by atoms with Crippen LogP contribution in [0.3, 0.4) is 0 Å². The molecule has 0 radical (unpaired) electrons. The summed E-state index contributed by atoms with van der Waals surface area (Å²) >= 11 is 0. The number of carbonyl (C=O) groups excluding carboxylic acids is 2. The molecule has 1 aliphatic rings. The van der Waals surface area contributed by atoms with Crippen LogP contribution in [-0.4, -0.2) is 47.0 Å². The van der Waals surface area contributed by atoms with Gasteiger partial charge in [-0.05, 0) is 31.5 Å². The second-order valence-electron chi connectivity index (χ2n) is 7.39. The molecule has 1 saturated heterocycles. The van der Waals surface area contributed by atoms with Gasteiger partial charge in [0.2, 0.25) is 11.7 Å². The zero-order valence-electron chi connectivity index (χ0n) is 16.8. The fourth-order valence-corrected chi connectivity index (χ4v) is 3.75. The Labute approximate surface area is 174 Å². The first-order valence-corrected chi connectivity index (χ1v) is 9.97. The van der Waals surface area contributed by atoms with Gasteiger partial charge in [0.25, 0.3) is 0 Å². The third-order valence-electron chi connectivity index (χ3n) is 5.33. The van der Waals surface area contributed by atoms with Crippen molar-refractivity contribution in [2.24, 2.45) is 5.92 Å². The van der Waals surface area contributed by atoms with E-state index in [2.05, 4.69) is 15.0 Å². The molecule has 4 rings (SSSR count). The van der Waals surface area contributed by atoms with Gasteiger partial charge in [-0.15, -0.1) is 0 Å². The van der Waals surface area contributed by atoms with Crippen LogP contribution in [-0.2, 0) is 11.3 Å². The van der Waals surface area contributed by atoms with E-state index in [9.17, 15) is 9.59 Å². The number of esters is 1. The molecule has 154 valence electrons. The average molecular weight is 405 g/mol. The molecule has 2 aromatic carbocycles. The van der Waals surface area contributed by atoms with E-state index in [4.69, 9.17) is 9.26 Å². The molecule has 7 heteroatoms. The lowest BCUT2D eigenvalue weighted by Gasteiger charge is -2.30. The molecule has 1 atom stereocenters. The third-order valence-corrected chi connectivity index (χ3v) is 5.33. The maximum absolute atomic E-state index is 12.8. The maximum atomic E-state index is 12.8. The standard InChI is InChI=1S/C23H23N3O4/c1-29-23(28)18-11-9-17(10-12-18)22-24-20(30-25-22)15-26-13-5-8-19(14-26)21(27)16-6-3-2-4-7-16/h2-4,6-7,9-12,19H,5,8,13-15H2,1H3/t19-/m1/s1. The number of benzene rings is 2. The Bertz CT molecular complexity index is 1010. The molecule has 0 unspecified atom stereocenters. The second-order valence-corrected chi connectivity index (χ2v) is 7.39. The monoisotopic (exact) mass is 405 g/mol. The van der Waals surface area contributed by atoms with Crippen molar-refractivity contribution >= 4 is 11.8 Å². The Kier molecular flexibility index (Phi) is 5.99. The minimum atomic E-state index is -0.389. The Hall–Kier alpha value is -3.32. The first-order valence-electron chi connectivity index (χ1n) is 9.97. The van der Waals surface area contributed by atoms with Crippen LogP contribution in [0.4, 0.5) is 0 Å². The lowest BCUT2D eigenvalue weighted by atomic mass is 9.90. The molecule has 3 aromatic rings. The molecule has 0 N–H and O–H groups in total. The molecule has 1 aliphatic heterocycles. The van der Waals surface area contributed by atoms with E-state index in [1.165, 1.54) is 7.11 Å². The van der Waals surface area contributed by atoms with Gasteiger partial charge in [-0.1, -0.05) is 47.6 Å². The summed E-state index contributed by atoms with van der Waals surface area (Å²) in [5, 5.41) is 4.05. The van der Waals surface area contributed by atoms with Crippen molar-refractivity contribution in [3.63, 3.8) is 0 Å². The summed E-state index contributed by atoms with van der Waals surface area (Å²) in [5.74, 6) is 0.761. The zero-order chi connectivity index (χ0) is 20.9. The lowest BCUT2D eigenvalue weighted by Crippen LogP contribution is -2.38. The molecule has 0 bridgehead atoms. The normalized spacial score (nSPS) is 16.9. The van der Waals surface area contributed by atoms with Crippen LogP contribution in [0.15, 0.2) is 59.1 Å². The number of rotatable bonds is 6. The van der Waals surface area contributed by atoms with E-state index < -0.39 is 0 Å². The molecular formula is C23H23N3O4. The number of hydrogen-bond donors (Lipinski definition) is 0. The van der Waals surface area contributed by atoms with E-state index in [0.29, 0.717) is 30.4 Å². The summed E-state index contributed by atoms with van der Waals surface area (Å²) in [6.07, 6.45) is 1.85. The Morgan fingerprint density at radius 2 is 1.87 bits per heavy atom. The number of carbonyl (C=O) groups is 2. The summed E-state index contributed by atoms with van der Waals surface area (Å²) in [6, 6.07) is 16.3. The van der Waals surface area contributed by atoms with Crippen molar-refractivity contribution in [1.29, 1.82) is 0 Å². The number of likely N-dealkylation sites (tertiary alicyclic amines) is 1. The Morgan fingerprint density at radius 3 is 2.60 bits per heavy atom. The SMILES string of the molecule is COC(=O)c1ccc(-c2noc(CN3CCC[C@@H](C(=O)c4ccccc4)C3)n2)cc1. The number of ketones is 1. The number of aromatic nitrogens is 2. The van der Waals surface area contributed by atoms with Gasteiger partial charge in [-0.2, -0.15) is 4.98 Å². The highest BCUT2D eigenvalue weighted by atomic mass is 16.5. The van der Waals surface area contributed by atoms with Crippen LogP contribution in [0.1, 0.15) is 39.4 Å². The molecule has 0 spiro atoms. The average Bonchev–Trinajstić information content (AvgIpc) is 3.27. The predicted octanol–water partition coefficient (Wildman–Crippen LogP) is 3.62. The molecule has 1 fully saturated rings. The molecule has 0 aliphatic carbocycles. The molecule has 1 aromatic heterocycles. The summed E-state index contributed by atoms with van der Waals surface area (Å²) in [5.41, 5.74) is 1.99. The molecule has 2 heterocycles. The fraction of sp³-hybridized carbons (Fsp3) is 0.304. The Balaban J connectivity index is 1.40. The molecular weight excluding hydrogens is 382 g/mol. The van der Waals surface area contributed by atoms with Crippen molar-refractivity contribution in [2.75, 3.05) is 20.2 Å². The number of hydrogen-bond acceptors (Lipinski definition) is 7. The highest BCUT2D eigenvalue weighted by Crippen LogP contribution is 2.23. The van der Waals surface area contributed by atoms with Crippen LogP contribution in [0.5, 0.6) is 0 Å². The summed E-state index contributed by atoms with van der Waals surface area (Å²) in [7, 11) is 1.35. The van der Waals surface area contributed by atoms with Crippen molar-refractivity contribution < 1.29 is 18.8 Å². The van der Waals surface area contributed by atoms with E-state index in [0.717, 1.165) is 30.5 Å². The topological polar surface area (TPSA) is 85.5 Å². The molecule has 0 saturated carbocycles. The summed E-state index contributed by atoms with van der Waals surface area (Å²) in [6.45, 7) is 2.08. The van der Waals surface area contributed by atoms with Crippen LogP contribution >= 0.6 is 0 Å². The third kappa shape index (κ3) is 4.46. The minimum absolute atomic E-state index is 0.0191. The van der Waals surface area contributed by atoms with Crippen molar-refractivity contribution in [1.82, 2.24) is 15.0 Å². The van der Waals surface area contributed by atoms with Gasteiger partial charge in [-0.25, -0.2) is 4.79 Å². The van der Waals surface area contributed by atoms with E-state index in [1.807, 2.05) is 30.3 Å². The van der Waals surface area contributed by atoms with Gasteiger partial charge in [0.15, 0.2) is 5.78 Å². The molecule has 0 amide bonds. The fourth-order valence-electron chi connectivity index (χ4n) is 3.75. The minimum Gasteiger partial charge on any atom is -0.465 e. The van der Waals surface area contributed by atoms with Gasteiger partial charge >= 0.3 is 5.97 Å². The van der Waals surface area contributed by atoms with Crippen molar-refractivity contribution in [3.8, 4) is 11.4 Å². The van der Waals surface area contributed by atoms with E-state index in [-0.39, 0.29) is 17.7 Å². The second kappa shape index (κ2) is 9.00. The maximum Gasteiger partial charge on any atom is 0.337 e. The van der Waals surface area contributed by atoms with Gasteiger partial charge in [-0.3, -0.25) is 9.69 Å². The predicted molar refractivity (Wildman–Crippen MR) is 110 cm³/mol. The first-order chi connectivity index (χ1) is 14.6.